The maximum Gasteiger partial charge on any atom is 0.356 e. The fraction of sp³-hybridized carbons (Fsp3) is 0.667. The van der Waals surface area contributed by atoms with Gasteiger partial charge >= 0.3 is 5.97 Å². The third-order valence-corrected chi connectivity index (χ3v) is 3.83. The molecule has 0 amide bonds. The first-order valence-corrected chi connectivity index (χ1v) is 7.48. The second-order valence-corrected chi connectivity index (χ2v) is 5.70. The van der Waals surface area contributed by atoms with Gasteiger partial charge in [-0.15, -0.1) is 0 Å². The average Bonchev–Trinajstić information content (AvgIpc) is 2.92. The minimum absolute atomic E-state index is 0.0423. The van der Waals surface area contributed by atoms with Crippen LogP contribution in [0, 0.1) is 5.92 Å². The summed E-state index contributed by atoms with van der Waals surface area (Å²) in [6.45, 7) is 7.44. The standard InChI is InChI=1S/C15H23N3O3/c1-4-12-10(5-6-21-12)7-16-11-8-17-14(9(2)3)18-13(11)15(19)20/h8-10,12,16H,4-7H2,1-3H3,(H,19,20). The quantitative estimate of drug-likeness (QED) is 0.838. The molecule has 0 saturated carbocycles. The number of hydrogen-bond donors (Lipinski definition) is 2. The summed E-state index contributed by atoms with van der Waals surface area (Å²) in [5, 5.41) is 12.5. The number of nitrogens with zero attached hydrogens (tertiary/aromatic N) is 2. The molecule has 0 bridgehead atoms. The molecular weight excluding hydrogens is 270 g/mol. The monoisotopic (exact) mass is 293 g/mol. The van der Waals surface area contributed by atoms with E-state index in [2.05, 4.69) is 22.2 Å². The van der Waals surface area contributed by atoms with Crippen molar-refractivity contribution < 1.29 is 14.6 Å². The van der Waals surface area contributed by atoms with Gasteiger partial charge in [0.1, 0.15) is 5.82 Å². The third-order valence-electron chi connectivity index (χ3n) is 3.83. The van der Waals surface area contributed by atoms with Gasteiger partial charge in [0.15, 0.2) is 5.69 Å². The number of carboxylic acids is 1. The zero-order chi connectivity index (χ0) is 15.4. The van der Waals surface area contributed by atoms with Gasteiger partial charge < -0.3 is 15.2 Å². The van der Waals surface area contributed by atoms with Gasteiger partial charge in [-0.05, 0) is 12.8 Å². The molecule has 1 aliphatic heterocycles. The van der Waals surface area contributed by atoms with Crippen molar-refractivity contribution in [2.24, 2.45) is 5.92 Å². The molecule has 2 N–H and O–H groups in total. The summed E-state index contributed by atoms with van der Waals surface area (Å²) in [4.78, 5) is 19.7. The minimum atomic E-state index is -1.03. The number of anilines is 1. The van der Waals surface area contributed by atoms with Crippen LogP contribution in [0.1, 0.15) is 55.8 Å². The van der Waals surface area contributed by atoms with Crippen LogP contribution in [-0.2, 0) is 4.74 Å². The van der Waals surface area contributed by atoms with Gasteiger partial charge in [0.25, 0.3) is 0 Å². The molecule has 1 aromatic rings. The summed E-state index contributed by atoms with van der Waals surface area (Å²) in [7, 11) is 0. The Morgan fingerprint density at radius 1 is 1.57 bits per heavy atom. The maximum atomic E-state index is 11.4. The van der Waals surface area contributed by atoms with E-state index in [4.69, 9.17) is 4.74 Å². The SMILES string of the molecule is CCC1OCCC1CNc1cnc(C(C)C)nc1C(=O)O. The van der Waals surface area contributed by atoms with E-state index in [0.717, 1.165) is 19.4 Å². The molecule has 0 aromatic carbocycles. The summed E-state index contributed by atoms with van der Waals surface area (Å²) >= 11 is 0. The Morgan fingerprint density at radius 2 is 2.33 bits per heavy atom. The number of carboxylic acid groups (broad SMARTS) is 1. The first-order chi connectivity index (χ1) is 10.0. The lowest BCUT2D eigenvalue weighted by Gasteiger charge is -2.18. The lowest BCUT2D eigenvalue weighted by atomic mass is 9.99. The molecule has 21 heavy (non-hydrogen) atoms. The molecule has 1 saturated heterocycles. The summed E-state index contributed by atoms with van der Waals surface area (Å²) in [6.07, 6.45) is 3.80. The summed E-state index contributed by atoms with van der Waals surface area (Å²) in [5.41, 5.74) is 0.523. The fourth-order valence-electron chi connectivity index (χ4n) is 2.58. The van der Waals surface area contributed by atoms with Crippen LogP contribution in [0.4, 0.5) is 5.69 Å². The van der Waals surface area contributed by atoms with Crippen molar-refractivity contribution >= 4 is 11.7 Å². The largest absolute Gasteiger partial charge is 0.476 e. The Hall–Kier alpha value is -1.69. The van der Waals surface area contributed by atoms with Crippen LogP contribution in [0.15, 0.2) is 6.20 Å². The van der Waals surface area contributed by atoms with E-state index in [9.17, 15) is 9.90 Å². The number of aromatic carboxylic acids is 1. The second-order valence-electron chi connectivity index (χ2n) is 5.70. The highest BCUT2D eigenvalue weighted by Crippen LogP contribution is 2.24. The van der Waals surface area contributed by atoms with E-state index in [1.165, 1.54) is 0 Å². The lowest BCUT2D eigenvalue weighted by molar-refractivity contribution is 0.0691. The van der Waals surface area contributed by atoms with Crippen molar-refractivity contribution in [3.63, 3.8) is 0 Å². The van der Waals surface area contributed by atoms with E-state index in [0.29, 0.717) is 24.0 Å². The molecule has 2 unspecified atom stereocenters. The zero-order valence-corrected chi connectivity index (χ0v) is 12.8. The highest BCUT2D eigenvalue weighted by molar-refractivity contribution is 5.91. The number of nitrogens with one attached hydrogen (secondary N) is 1. The molecule has 116 valence electrons. The summed E-state index contributed by atoms with van der Waals surface area (Å²) < 4.78 is 5.64. The Labute approximate surface area is 124 Å². The highest BCUT2D eigenvalue weighted by atomic mass is 16.5. The van der Waals surface area contributed by atoms with Crippen molar-refractivity contribution in [1.29, 1.82) is 0 Å². The van der Waals surface area contributed by atoms with Gasteiger partial charge in [-0.1, -0.05) is 20.8 Å². The van der Waals surface area contributed by atoms with Gasteiger partial charge in [0.2, 0.25) is 0 Å². The third kappa shape index (κ3) is 3.69. The van der Waals surface area contributed by atoms with E-state index in [1.807, 2.05) is 13.8 Å². The summed E-state index contributed by atoms with van der Waals surface area (Å²) in [6, 6.07) is 0. The van der Waals surface area contributed by atoms with E-state index >= 15 is 0 Å². The van der Waals surface area contributed by atoms with Crippen LogP contribution in [0.3, 0.4) is 0 Å². The number of rotatable bonds is 6. The first-order valence-electron chi connectivity index (χ1n) is 7.48. The molecule has 0 radical (unpaired) electrons. The van der Waals surface area contributed by atoms with Crippen molar-refractivity contribution in [1.82, 2.24) is 9.97 Å². The Morgan fingerprint density at radius 3 is 2.95 bits per heavy atom. The van der Waals surface area contributed by atoms with Crippen LogP contribution < -0.4 is 5.32 Å². The molecule has 1 aromatic heterocycles. The topological polar surface area (TPSA) is 84.3 Å². The lowest BCUT2D eigenvalue weighted by Crippen LogP contribution is -2.24. The Kier molecular flexibility index (Phi) is 5.12. The van der Waals surface area contributed by atoms with Crippen molar-refractivity contribution in [3.8, 4) is 0 Å². The minimum Gasteiger partial charge on any atom is -0.476 e. The predicted molar refractivity (Wildman–Crippen MR) is 79.7 cm³/mol. The van der Waals surface area contributed by atoms with Gasteiger partial charge in [-0.25, -0.2) is 14.8 Å². The van der Waals surface area contributed by atoms with Crippen LogP contribution >= 0.6 is 0 Å². The molecule has 2 rings (SSSR count). The van der Waals surface area contributed by atoms with E-state index < -0.39 is 5.97 Å². The molecule has 6 nitrogen and oxygen atoms in total. The molecular formula is C15H23N3O3. The Balaban J connectivity index is 2.10. The number of hydrogen-bond acceptors (Lipinski definition) is 5. The molecule has 2 atom stereocenters. The molecule has 2 heterocycles. The highest BCUT2D eigenvalue weighted by Gasteiger charge is 2.27. The maximum absolute atomic E-state index is 11.4. The first kappa shape index (κ1) is 15.7. The van der Waals surface area contributed by atoms with Gasteiger partial charge in [-0.2, -0.15) is 0 Å². The van der Waals surface area contributed by atoms with Gasteiger partial charge in [0.05, 0.1) is 18.0 Å². The Bertz CT molecular complexity index is 505. The number of carbonyl (C=O) groups is 1. The smallest absolute Gasteiger partial charge is 0.356 e. The van der Waals surface area contributed by atoms with E-state index in [-0.39, 0.29) is 17.7 Å². The van der Waals surface area contributed by atoms with Crippen LogP contribution in [-0.4, -0.2) is 40.3 Å². The number of aromatic nitrogens is 2. The van der Waals surface area contributed by atoms with Gasteiger partial charge in [-0.3, -0.25) is 0 Å². The molecule has 6 heteroatoms. The van der Waals surface area contributed by atoms with Crippen molar-refractivity contribution in [2.75, 3.05) is 18.5 Å². The fourth-order valence-corrected chi connectivity index (χ4v) is 2.58. The predicted octanol–water partition coefficient (Wildman–Crippen LogP) is 2.53. The normalized spacial score (nSPS) is 21.7. The van der Waals surface area contributed by atoms with E-state index in [1.54, 1.807) is 6.20 Å². The van der Waals surface area contributed by atoms with Gasteiger partial charge in [0, 0.05) is 25.0 Å². The zero-order valence-electron chi connectivity index (χ0n) is 12.8. The molecule has 0 aliphatic carbocycles. The average molecular weight is 293 g/mol. The van der Waals surface area contributed by atoms with Crippen LogP contribution in [0.5, 0.6) is 0 Å². The summed E-state index contributed by atoms with van der Waals surface area (Å²) in [5.74, 6) is 0.0244. The van der Waals surface area contributed by atoms with Crippen molar-refractivity contribution in [2.45, 2.75) is 45.6 Å². The van der Waals surface area contributed by atoms with Crippen LogP contribution in [0.2, 0.25) is 0 Å². The molecule has 1 fully saturated rings. The molecule has 0 spiro atoms. The van der Waals surface area contributed by atoms with Crippen LogP contribution in [0.25, 0.3) is 0 Å². The van der Waals surface area contributed by atoms with Crippen molar-refractivity contribution in [3.05, 3.63) is 17.7 Å². The molecule has 1 aliphatic rings. The number of ether oxygens (including phenoxy) is 1. The second kappa shape index (κ2) is 6.85.